The van der Waals surface area contributed by atoms with Gasteiger partial charge in [0.1, 0.15) is 5.69 Å². The fourth-order valence-electron chi connectivity index (χ4n) is 1.80. The zero-order valence-electron chi connectivity index (χ0n) is 11.3. The average Bonchev–Trinajstić information content (AvgIpc) is 2.47. The number of H-pyrrole nitrogens is 1. The summed E-state index contributed by atoms with van der Waals surface area (Å²) in [5.74, 6) is -0.345. The van der Waals surface area contributed by atoms with Gasteiger partial charge < -0.3 is 5.32 Å². The van der Waals surface area contributed by atoms with Gasteiger partial charge in [-0.1, -0.05) is 25.5 Å². The third kappa shape index (κ3) is 3.78. The Morgan fingerprint density at radius 3 is 2.55 bits per heavy atom. The number of carbonyl (C=O) groups excluding carboxylic acids is 1. The minimum Gasteiger partial charge on any atom is -0.321 e. The Labute approximate surface area is 117 Å². The average molecular weight is 271 g/mol. The zero-order chi connectivity index (χ0) is 14.4. The van der Waals surface area contributed by atoms with Crippen molar-refractivity contribution < 1.29 is 4.79 Å². The van der Waals surface area contributed by atoms with Crippen molar-refractivity contribution in [3.05, 3.63) is 58.0 Å². The van der Waals surface area contributed by atoms with Gasteiger partial charge in [0.05, 0.1) is 0 Å². The van der Waals surface area contributed by atoms with Crippen molar-refractivity contribution in [2.75, 3.05) is 5.32 Å². The van der Waals surface area contributed by atoms with Crippen LogP contribution >= 0.6 is 0 Å². The normalized spacial score (nSPS) is 10.2. The fourth-order valence-corrected chi connectivity index (χ4v) is 1.80. The lowest BCUT2D eigenvalue weighted by molar-refractivity contribution is 0.102. The Hall–Kier alpha value is -2.43. The maximum atomic E-state index is 11.9. The highest BCUT2D eigenvalue weighted by molar-refractivity contribution is 6.02. The summed E-state index contributed by atoms with van der Waals surface area (Å²) in [4.78, 5) is 22.8. The molecule has 0 radical (unpaired) electrons. The molecule has 5 heteroatoms. The summed E-state index contributed by atoms with van der Waals surface area (Å²) < 4.78 is 0. The number of benzene rings is 1. The van der Waals surface area contributed by atoms with Gasteiger partial charge in [0, 0.05) is 11.8 Å². The molecule has 0 aliphatic heterocycles. The summed E-state index contributed by atoms with van der Waals surface area (Å²) in [5, 5.41) is 8.65. The predicted octanol–water partition coefficient (Wildman–Crippen LogP) is 2.36. The molecule has 0 unspecified atom stereocenters. The monoisotopic (exact) mass is 271 g/mol. The van der Waals surface area contributed by atoms with E-state index in [1.807, 2.05) is 24.3 Å². The lowest BCUT2D eigenvalue weighted by Gasteiger charge is -2.05. The van der Waals surface area contributed by atoms with Gasteiger partial charge in [0.15, 0.2) is 0 Å². The number of aromatic amines is 1. The molecule has 0 bridgehead atoms. The Bertz CT molecular complexity index is 612. The molecule has 2 aromatic rings. The van der Waals surface area contributed by atoms with Gasteiger partial charge in [-0.05, 0) is 36.6 Å². The molecular formula is C15H17N3O2. The zero-order valence-corrected chi connectivity index (χ0v) is 11.3. The highest BCUT2D eigenvalue weighted by Crippen LogP contribution is 2.12. The number of hydrogen-bond donors (Lipinski definition) is 2. The van der Waals surface area contributed by atoms with Gasteiger partial charge in [-0.3, -0.25) is 9.59 Å². The van der Waals surface area contributed by atoms with E-state index < -0.39 is 0 Å². The van der Waals surface area contributed by atoms with Crippen LogP contribution in [0.3, 0.4) is 0 Å². The Morgan fingerprint density at radius 1 is 1.20 bits per heavy atom. The van der Waals surface area contributed by atoms with Gasteiger partial charge in [-0.2, -0.15) is 5.10 Å². The number of aryl methyl sites for hydroxylation is 1. The van der Waals surface area contributed by atoms with Crippen molar-refractivity contribution in [3.8, 4) is 0 Å². The predicted molar refractivity (Wildman–Crippen MR) is 77.9 cm³/mol. The van der Waals surface area contributed by atoms with Crippen LogP contribution in [0.2, 0.25) is 0 Å². The molecule has 5 nitrogen and oxygen atoms in total. The number of nitrogens with zero attached hydrogens (tertiary/aromatic N) is 1. The molecule has 20 heavy (non-hydrogen) atoms. The quantitative estimate of drug-likeness (QED) is 0.876. The van der Waals surface area contributed by atoms with Crippen LogP contribution in [0.15, 0.2) is 41.2 Å². The summed E-state index contributed by atoms with van der Waals surface area (Å²) in [6.07, 6.45) is 3.37. The molecule has 0 spiro atoms. The molecule has 0 aliphatic rings. The van der Waals surface area contributed by atoms with Crippen LogP contribution in [0.4, 0.5) is 5.69 Å². The largest absolute Gasteiger partial charge is 0.321 e. The molecule has 104 valence electrons. The second kappa shape index (κ2) is 6.65. The SMILES string of the molecule is CCCCc1ccc(NC(=O)c2ccc(=O)[nH]n2)cc1. The fraction of sp³-hybridized carbons (Fsp3) is 0.267. The lowest BCUT2D eigenvalue weighted by Crippen LogP contribution is -2.17. The first-order valence-electron chi connectivity index (χ1n) is 6.65. The molecule has 1 aromatic carbocycles. The van der Waals surface area contributed by atoms with Crippen LogP contribution in [-0.2, 0) is 6.42 Å². The summed E-state index contributed by atoms with van der Waals surface area (Å²) in [7, 11) is 0. The van der Waals surface area contributed by atoms with E-state index in [4.69, 9.17) is 0 Å². The summed E-state index contributed by atoms with van der Waals surface area (Å²) in [5.41, 5.74) is 1.82. The molecule has 0 atom stereocenters. The van der Waals surface area contributed by atoms with Crippen LogP contribution in [0.5, 0.6) is 0 Å². The van der Waals surface area contributed by atoms with Crippen molar-refractivity contribution >= 4 is 11.6 Å². The van der Waals surface area contributed by atoms with E-state index in [0.717, 1.165) is 19.3 Å². The highest BCUT2D eigenvalue weighted by atomic mass is 16.2. The van der Waals surface area contributed by atoms with Crippen molar-refractivity contribution in [1.82, 2.24) is 10.2 Å². The number of nitrogens with one attached hydrogen (secondary N) is 2. The minimum absolute atomic E-state index is 0.180. The van der Waals surface area contributed by atoms with Gasteiger partial charge in [-0.15, -0.1) is 0 Å². The Balaban J connectivity index is 2.00. The first-order valence-corrected chi connectivity index (χ1v) is 6.65. The van der Waals surface area contributed by atoms with Crippen molar-refractivity contribution in [1.29, 1.82) is 0 Å². The number of aromatic nitrogens is 2. The van der Waals surface area contributed by atoms with Gasteiger partial charge in [0.2, 0.25) is 0 Å². The molecule has 2 N–H and O–H groups in total. The van der Waals surface area contributed by atoms with Crippen LogP contribution in [0.25, 0.3) is 0 Å². The van der Waals surface area contributed by atoms with E-state index in [0.29, 0.717) is 5.69 Å². The van der Waals surface area contributed by atoms with E-state index in [1.54, 1.807) is 0 Å². The van der Waals surface area contributed by atoms with E-state index in [2.05, 4.69) is 22.4 Å². The summed E-state index contributed by atoms with van der Waals surface area (Å²) in [6.45, 7) is 2.16. The van der Waals surface area contributed by atoms with E-state index in [-0.39, 0.29) is 17.2 Å². The van der Waals surface area contributed by atoms with E-state index in [9.17, 15) is 9.59 Å². The van der Waals surface area contributed by atoms with Crippen LogP contribution < -0.4 is 10.9 Å². The number of carbonyl (C=O) groups is 1. The van der Waals surface area contributed by atoms with Gasteiger partial charge in [0.25, 0.3) is 11.5 Å². The van der Waals surface area contributed by atoms with Crippen molar-refractivity contribution in [2.45, 2.75) is 26.2 Å². The lowest BCUT2D eigenvalue weighted by atomic mass is 10.1. The molecule has 1 heterocycles. The van der Waals surface area contributed by atoms with Crippen molar-refractivity contribution in [3.63, 3.8) is 0 Å². The standard InChI is InChI=1S/C15H17N3O2/c1-2-3-4-11-5-7-12(8-6-11)16-15(20)13-9-10-14(19)18-17-13/h5-10H,2-4H2,1H3,(H,16,20)(H,18,19). The third-order valence-electron chi connectivity index (χ3n) is 2.94. The molecule has 0 fully saturated rings. The molecular weight excluding hydrogens is 254 g/mol. The Kier molecular flexibility index (Phi) is 4.65. The first kappa shape index (κ1) is 14.0. The Morgan fingerprint density at radius 2 is 1.95 bits per heavy atom. The maximum absolute atomic E-state index is 11.9. The highest BCUT2D eigenvalue weighted by Gasteiger charge is 2.07. The van der Waals surface area contributed by atoms with Crippen LogP contribution in [0.1, 0.15) is 35.8 Å². The molecule has 0 saturated carbocycles. The maximum Gasteiger partial charge on any atom is 0.276 e. The molecule has 1 amide bonds. The van der Waals surface area contributed by atoms with E-state index >= 15 is 0 Å². The van der Waals surface area contributed by atoms with Crippen LogP contribution in [0, 0.1) is 0 Å². The van der Waals surface area contributed by atoms with E-state index in [1.165, 1.54) is 17.7 Å². The third-order valence-corrected chi connectivity index (χ3v) is 2.94. The minimum atomic E-state index is -0.345. The molecule has 1 aromatic heterocycles. The topological polar surface area (TPSA) is 74.8 Å². The summed E-state index contributed by atoms with van der Waals surface area (Å²) in [6, 6.07) is 10.4. The number of rotatable bonds is 5. The first-order chi connectivity index (χ1) is 9.69. The second-order valence-corrected chi connectivity index (χ2v) is 4.56. The number of anilines is 1. The number of unbranched alkanes of at least 4 members (excludes halogenated alkanes) is 1. The van der Waals surface area contributed by atoms with Gasteiger partial charge >= 0.3 is 0 Å². The van der Waals surface area contributed by atoms with Crippen LogP contribution in [-0.4, -0.2) is 16.1 Å². The van der Waals surface area contributed by atoms with Crippen molar-refractivity contribution in [2.24, 2.45) is 0 Å². The number of hydrogen-bond acceptors (Lipinski definition) is 3. The molecule has 2 rings (SSSR count). The smallest absolute Gasteiger partial charge is 0.276 e. The molecule has 0 aliphatic carbocycles. The second-order valence-electron chi connectivity index (χ2n) is 4.56. The summed E-state index contributed by atoms with van der Waals surface area (Å²) >= 11 is 0. The van der Waals surface area contributed by atoms with Gasteiger partial charge in [-0.25, -0.2) is 5.10 Å². The molecule has 0 saturated heterocycles. The number of amides is 1.